The van der Waals surface area contributed by atoms with Crippen LogP contribution in [0.4, 0.5) is 5.82 Å². The molecule has 2 saturated heterocycles. The van der Waals surface area contributed by atoms with E-state index in [1.165, 1.54) is 29.9 Å². The summed E-state index contributed by atoms with van der Waals surface area (Å²) in [6, 6.07) is 11.1. The van der Waals surface area contributed by atoms with Gasteiger partial charge in [0.15, 0.2) is 0 Å². The summed E-state index contributed by atoms with van der Waals surface area (Å²) in [4.78, 5) is 17.1. The number of pyridine rings is 2. The number of fused-ring (bicyclic) bond motifs is 1. The molecule has 5 rings (SSSR count). The zero-order valence-corrected chi connectivity index (χ0v) is 17.5. The monoisotopic (exact) mass is 390 g/mol. The number of hydrogen-bond donors (Lipinski definition) is 0. The van der Waals surface area contributed by atoms with Crippen LogP contribution in [0.5, 0.6) is 0 Å². The zero-order valence-electron chi connectivity index (χ0n) is 17.5. The van der Waals surface area contributed by atoms with Gasteiger partial charge in [0.1, 0.15) is 11.5 Å². The molecule has 3 aromatic rings. The van der Waals surface area contributed by atoms with Gasteiger partial charge in [-0.3, -0.25) is 14.3 Å². The molecule has 5 heterocycles. The summed E-state index contributed by atoms with van der Waals surface area (Å²) in [7, 11) is 2.20. The highest BCUT2D eigenvalue weighted by Crippen LogP contribution is 2.33. The fraction of sp³-hybridized carbons (Fsp3) is 0.478. The van der Waals surface area contributed by atoms with Gasteiger partial charge in [-0.15, -0.1) is 0 Å². The molecule has 0 aromatic carbocycles. The standard InChI is InChI=1S/C23H30N6/c1-18-6-4-10-24-23(18)20-7-5-11-28(20)16-19-17-29-21(25-19)8-3-9-22(29)27-14-12-26(2)13-15-27/h3-4,6,8-10,17,20H,5,7,11-16H2,1-2H3/t20-/m0/s1. The molecule has 0 N–H and O–H groups in total. The lowest BCUT2D eigenvalue weighted by molar-refractivity contribution is 0.241. The van der Waals surface area contributed by atoms with E-state index in [4.69, 9.17) is 9.97 Å². The number of aryl methyl sites for hydroxylation is 1. The van der Waals surface area contributed by atoms with E-state index in [-0.39, 0.29) is 0 Å². The molecule has 29 heavy (non-hydrogen) atoms. The minimum Gasteiger partial charge on any atom is -0.355 e. The van der Waals surface area contributed by atoms with Crippen molar-refractivity contribution in [2.45, 2.75) is 32.4 Å². The highest BCUT2D eigenvalue weighted by atomic mass is 15.3. The molecule has 2 aliphatic heterocycles. The lowest BCUT2D eigenvalue weighted by Gasteiger charge is -2.34. The topological polar surface area (TPSA) is 39.9 Å². The van der Waals surface area contributed by atoms with E-state index in [1.54, 1.807) is 0 Å². The Bertz CT molecular complexity index is 988. The molecule has 1 atom stereocenters. The summed E-state index contributed by atoms with van der Waals surface area (Å²) in [5.74, 6) is 1.26. The lowest BCUT2D eigenvalue weighted by Crippen LogP contribution is -2.45. The van der Waals surface area contributed by atoms with Crippen LogP contribution in [-0.4, -0.2) is 63.9 Å². The number of aromatic nitrogens is 3. The van der Waals surface area contributed by atoms with E-state index in [9.17, 15) is 0 Å². The van der Waals surface area contributed by atoms with E-state index in [1.807, 2.05) is 12.3 Å². The van der Waals surface area contributed by atoms with E-state index < -0.39 is 0 Å². The van der Waals surface area contributed by atoms with Crippen molar-refractivity contribution < 1.29 is 0 Å². The molecule has 2 fully saturated rings. The molecule has 6 heteroatoms. The minimum atomic E-state index is 0.401. The average molecular weight is 391 g/mol. The first-order chi connectivity index (χ1) is 14.2. The molecule has 6 nitrogen and oxygen atoms in total. The molecule has 0 aliphatic carbocycles. The highest BCUT2D eigenvalue weighted by molar-refractivity contribution is 5.53. The van der Waals surface area contributed by atoms with Gasteiger partial charge in [-0.05, 0) is 57.1 Å². The van der Waals surface area contributed by atoms with Crippen LogP contribution in [0, 0.1) is 6.92 Å². The van der Waals surface area contributed by atoms with Crippen molar-refractivity contribution in [3.8, 4) is 0 Å². The van der Waals surface area contributed by atoms with Gasteiger partial charge in [0.25, 0.3) is 0 Å². The van der Waals surface area contributed by atoms with Crippen molar-refractivity contribution in [2.75, 3.05) is 44.7 Å². The third kappa shape index (κ3) is 3.63. The van der Waals surface area contributed by atoms with Gasteiger partial charge in [0.2, 0.25) is 0 Å². The number of imidazole rings is 1. The predicted molar refractivity (Wildman–Crippen MR) is 116 cm³/mol. The van der Waals surface area contributed by atoms with Gasteiger partial charge in [-0.2, -0.15) is 0 Å². The molecular weight excluding hydrogens is 360 g/mol. The fourth-order valence-electron chi connectivity index (χ4n) is 4.80. The molecular formula is C23H30N6. The molecule has 0 unspecified atom stereocenters. The van der Waals surface area contributed by atoms with Crippen LogP contribution in [0.1, 0.15) is 35.8 Å². The second-order valence-corrected chi connectivity index (χ2v) is 8.47. The summed E-state index contributed by atoms with van der Waals surface area (Å²) in [6.45, 7) is 8.51. The summed E-state index contributed by atoms with van der Waals surface area (Å²) in [5, 5.41) is 0. The minimum absolute atomic E-state index is 0.401. The van der Waals surface area contributed by atoms with Gasteiger partial charge < -0.3 is 9.80 Å². The van der Waals surface area contributed by atoms with Crippen LogP contribution in [0.25, 0.3) is 5.65 Å². The Balaban J connectivity index is 1.40. The Morgan fingerprint density at radius 2 is 1.90 bits per heavy atom. The quantitative estimate of drug-likeness (QED) is 0.685. The second kappa shape index (κ2) is 7.76. The molecule has 0 bridgehead atoms. The van der Waals surface area contributed by atoms with E-state index in [0.717, 1.165) is 50.6 Å². The van der Waals surface area contributed by atoms with Crippen molar-refractivity contribution in [3.63, 3.8) is 0 Å². The van der Waals surface area contributed by atoms with Crippen molar-refractivity contribution in [1.29, 1.82) is 0 Å². The number of likely N-dealkylation sites (N-methyl/N-ethyl adjacent to an activating group) is 1. The van der Waals surface area contributed by atoms with Crippen LogP contribution >= 0.6 is 0 Å². The SMILES string of the molecule is Cc1cccnc1[C@@H]1CCCN1Cc1cn2c(N3CCN(C)CC3)cccc2n1. The molecule has 3 aromatic heterocycles. The van der Waals surface area contributed by atoms with Gasteiger partial charge in [0.05, 0.1) is 17.4 Å². The molecule has 152 valence electrons. The smallest absolute Gasteiger partial charge is 0.138 e. The predicted octanol–water partition coefficient (Wildman–Crippen LogP) is 3.13. The Hall–Kier alpha value is -2.44. The average Bonchev–Trinajstić information content (AvgIpc) is 3.35. The zero-order chi connectivity index (χ0) is 19.8. The summed E-state index contributed by atoms with van der Waals surface area (Å²) < 4.78 is 2.28. The van der Waals surface area contributed by atoms with Crippen LogP contribution < -0.4 is 4.90 Å². The van der Waals surface area contributed by atoms with Crippen molar-refractivity contribution in [1.82, 2.24) is 24.2 Å². The van der Waals surface area contributed by atoms with Crippen LogP contribution in [0.3, 0.4) is 0 Å². The van der Waals surface area contributed by atoms with Crippen LogP contribution in [0.15, 0.2) is 42.7 Å². The Labute approximate surface area is 172 Å². The lowest BCUT2D eigenvalue weighted by atomic mass is 10.1. The maximum Gasteiger partial charge on any atom is 0.138 e. The van der Waals surface area contributed by atoms with Crippen molar-refractivity contribution >= 4 is 11.5 Å². The summed E-state index contributed by atoms with van der Waals surface area (Å²) in [6.07, 6.45) is 6.56. The normalized spacial score (nSPS) is 21.3. The molecule has 0 saturated carbocycles. The van der Waals surface area contributed by atoms with Crippen molar-refractivity contribution in [2.24, 2.45) is 0 Å². The number of nitrogens with zero attached hydrogens (tertiary/aromatic N) is 6. The van der Waals surface area contributed by atoms with Gasteiger partial charge in [-0.25, -0.2) is 4.98 Å². The van der Waals surface area contributed by atoms with E-state index in [0.29, 0.717) is 6.04 Å². The maximum atomic E-state index is 4.96. The number of hydrogen-bond acceptors (Lipinski definition) is 5. The number of anilines is 1. The van der Waals surface area contributed by atoms with E-state index >= 15 is 0 Å². The first-order valence-corrected chi connectivity index (χ1v) is 10.7. The van der Waals surface area contributed by atoms with E-state index in [2.05, 4.69) is 63.5 Å². The summed E-state index contributed by atoms with van der Waals surface area (Å²) >= 11 is 0. The maximum absolute atomic E-state index is 4.96. The summed E-state index contributed by atoms with van der Waals surface area (Å²) in [5.41, 5.74) is 4.71. The third-order valence-corrected chi connectivity index (χ3v) is 6.44. The first kappa shape index (κ1) is 18.6. The first-order valence-electron chi connectivity index (χ1n) is 10.7. The van der Waals surface area contributed by atoms with Gasteiger partial charge in [0, 0.05) is 45.1 Å². The second-order valence-electron chi connectivity index (χ2n) is 8.47. The Morgan fingerprint density at radius 3 is 2.72 bits per heavy atom. The molecule has 0 amide bonds. The number of rotatable bonds is 4. The van der Waals surface area contributed by atoms with Crippen LogP contribution in [0.2, 0.25) is 0 Å². The van der Waals surface area contributed by atoms with Gasteiger partial charge in [-0.1, -0.05) is 12.1 Å². The molecule has 0 radical (unpaired) electrons. The fourth-order valence-corrected chi connectivity index (χ4v) is 4.80. The Morgan fingerprint density at radius 1 is 1.03 bits per heavy atom. The number of likely N-dealkylation sites (tertiary alicyclic amines) is 1. The molecule has 2 aliphatic rings. The molecule has 0 spiro atoms. The largest absolute Gasteiger partial charge is 0.355 e. The van der Waals surface area contributed by atoms with Crippen LogP contribution in [-0.2, 0) is 6.54 Å². The highest BCUT2D eigenvalue weighted by Gasteiger charge is 2.28. The Kier molecular flexibility index (Phi) is 4.97. The number of piperazine rings is 1. The third-order valence-electron chi connectivity index (χ3n) is 6.44. The van der Waals surface area contributed by atoms with Crippen molar-refractivity contribution in [3.05, 3.63) is 59.7 Å². The van der Waals surface area contributed by atoms with Gasteiger partial charge >= 0.3 is 0 Å².